The number of carbonyl (C=O) groups excluding carboxylic acids is 3. The summed E-state index contributed by atoms with van der Waals surface area (Å²) in [5.41, 5.74) is -0.386. The average molecular weight is 521 g/mol. The molecule has 0 aromatic heterocycles. The smallest absolute Gasteiger partial charge is 0.469 e. The first-order valence-electron chi connectivity index (χ1n) is 14.6. The van der Waals surface area contributed by atoms with Crippen LogP contribution in [0.5, 0.6) is 0 Å². The Bertz CT molecular complexity index is 872. The van der Waals surface area contributed by atoms with Gasteiger partial charge in [-0.05, 0) is 93.3 Å². The molecule has 7 nitrogen and oxygen atoms in total. The molecular weight excluding hydrogens is 472 g/mol. The topological polar surface area (TPSA) is 99.1 Å². The molecule has 1 N–H and O–H groups in total. The SMILES string of the molecule is CCOC(=O)O[C@@H]1CC[C@]2(C)C3C[C@H](O)[C@@]4(C)C(CC[C@@H]4[C@H](C)CCC(=O)OC)C3C(=O)[C@H](CC)[C@@H]2C1. The Morgan fingerprint density at radius 2 is 1.81 bits per heavy atom. The highest BCUT2D eigenvalue weighted by Gasteiger charge is 2.67. The second-order valence-electron chi connectivity index (χ2n) is 12.9. The first-order chi connectivity index (χ1) is 17.5. The number of ketones is 1. The van der Waals surface area contributed by atoms with Gasteiger partial charge in [-0.15, -0.1) is 0 Å². The number of methoxy groups -OCH3 is 1. The van der Waals surface area contributed by atoms with E-state index in [1.54, 1.807) is 6.92 Å². The van der Waals surface area contributed by atoms with Gasteiger partial charge in [0.2, 0.25) is 0 Å². The van der Waals surface area contributed by atoms with E-state index < -0.39 is 12.3 Å². The van der Waals surface area contributed by atoms with Gasteiger partial charge in [-0.25, -0.2) is 4.79 Å². The van der Waals surface area contributed by atoms with Crippen molar-refractivity contribution in [3.63, 3.8) is 0 Å². The van der Waals surface area contributed by atoms with E-state index in [1.807, 2.05) is 0 Å². The molecule has 0 aromatic rings. The zero-order valence-electron chi connectivity index (χ0n) is 23.7. The first-order valence-corrected chi connectivity index (χ1v) is 14.6. The third kappa shape index (κ3) is 4.72. The Balaban J connectivity index is 1.58. The van der Waals surface area contributed by atoms with Crippen LogP contribution in [0.25, 0.3) is 0 Å². The van der Waals surface area contributed by atoms with E-state index in [0.29, 0.717) is 25.0 Å². The summed E-state index contributed by atoms with van der Waals surface area (Å²) in [6.45, 7) is 10.9. The molecule has 3 unspecified atom stereocenters. The van der Waals surface area contributed by atoms with Crippen molar-refractivity contribution < 1.29 is 33.7 Å². The summed E-state index contributed by atoms with van der Waals surface area (Å²) in [4.78, 5) is 38.1. The second kappa shape index (κ2) is 10.9. The summed E-state index contributed by atoms with van der Waals surface area (Å²) in [6.07, 6.45) is 5.56. The van der Waals surface area contributed by atoms with E-state index in [1.165, 1.54) is 7.11 Å². The van der Waals surface area contributed by atoms with Crippen molar-refractivity contribution in [3.05, 3.63) is 0 Å². The molecule has 0 heterocycles. The van der Waals surface area contributed by atoms with Crippen molar-refractivity contribution in [1.29, 1.82) is 0 Å². The van der Waals surface area contributed by atoms with Crippen LogP contribution in [0, 0.1) is 52.3 Å². The normalized spacial score (nSPS) is 43.7. The van der Waals surface area contributed by atoms with Gasteiger partial charge in [0.25, 0.3) is 0 Å². The standard InChI is InChI=1S/C30H48O7/c1-7-19-22-15-18(37-28(34)36-8-2)13-14-29(22,4)23-16-24(31)30(5)20(17(3)9-12-25(32)35-6)10-11-21(30)26(23)27(19)33/h17-24,26,31H,7-16H2,1-6H3/t17-,18-,19-,20-,21?,22+,23?,24+,26?,29+,30-/m1/s1. The molecule has 11 atom stereocenters. The largest absolute Gasteiger partial charge is 0.508 e. The summed E-state index contributed by atoms with van der Waals surface area (Å²) in [7, 11) is 1.42. The Kier molecular flexibility index (Phi) is 8.33. The minimum atomic E-state index is -0.619. The van der Waals surface area contributed by atoms with E-state index in [4.69, 9.17) is 14.2 Å². The third-order valence-electron chi connectivity index (χ3n) is 11.5. The highest BCUT2D eigenvalue weighted by molar-refractivity contribution is 5.86. The van der Waals surface area contributed by atoms with Crippen LogP contribution in [-0.2, 0) is 23.8 Å². The zero-order valence-corrected chi connectivity index (χ0v) is 23.7. The number of carbonyl (C=O) groups is 3. The fourth-order valence-corrected chi connectivity index (χ4v) is 9.60. The average Bonchev–Trinajstić information content (AvgIpc) is 3.22. The molecule has 0 aliphatic heterocycles. The molecule has 4 aliphatic rings. The Hall–Kier alpha value is -1.63. The van der Waals surface area contributed by atoms with Gasteiger partial charge in [0, 0.05) is 23.7 Å². The number of hydrogen-bond donors (Lipinski definition) is 1. The van der Waals surface area contributed by atoms with Gasteiger partial charge >= 0.3 is 12.1 Å². The lowest BCUT2D eigenvalue weighted by molar-refractivity contribution is -0.193. The number of hydrogen-bond acceptors (Lipinski definition) is 7. The molecule has 7 heteroatoms. The van der Waals surface area contributed by atoms with Crippen molar-refractivity contribution in [3.8, 4) is 0 Å². The van der Waals surface area contributed by atoms with Crippen LogP contribution in [0.2, 0.25) is 0 Å². The lowest BCUT2D eigenvalue weighted by atomic mass is 9.41. The molecule has 37 heavy (non-hydrogen) atoms. The highest BCUT2D eigenvalue weighted by Crippen LogP contribution is 2.68. The highest BCUT2D eigenvalue weighted by atomic mass is 16.7. The van der Waals surface area contributed by atoms with Crippen LogP contribution < -0.4 is 0 Å². The Labute approximate surface area is 222 Å². The minimum absolute atomic E-state index is 0.0278. The van der Waals surface area contributed by atoms with Crippen molar-refractivity contribution in [2.75, 3.05) is 13.7 Å². The molecule has 0 amide bonds. The van der Waals surface area contributed by atoms with Crippen LogP contribution in [0.1, 0.15) is 92.4 Å². The number of Topliss-reactive ketones (excluding diaryl/α,β-unsaturated/α-hetero) is 1. The maximum absolute atomic E-state index is 14.3. The van der Waals surface area contributed by atoms with Crippen molar-refractivity contribution in [2.24, 2.45) is 52.3 Å². The lowest BCUT2D eigenvalue weighted by Crippen LogP contribution is -2.64. The summed E-state index contributed by atoms with van der Waals surface area (Å²) >= 11 is 0. The fourth-order valence-electron chi connectivity index (χ4n) is 9.60. The number of fused-ring (bicyclic) bond motifs is 5. The van der Waals surface area contributed by atoms with Crippen LogP contribution >= 0.6 is 0 Å². The monoisotopic (exact) mass is 520 g/mol. The maximum Gasteiger partial charge on any atom is 0.508 e. The van der Waals surface area contributed by atoms with Crippen LogP contribution in [0.4, 0.5) is 4.79 Å². The zero-order chi connectivity index (χ0) is 27.1. The molecular formula is C30H48O7. The fraction of sp³-hybridized carbons (Fsp3) is 0.900. The Morgan fingerprint density at radius 3 is 2.46 bits per heavy atom. The van der Waals surface area contributed by atoms with Gasteiger partial charge in [-0.1, -0.05) is 27.7 Å². The van der Waals surface area contributed by atoms with Crippen LogP contribution in [-0.4, -0.2) is 48.9 Å². The molecule has 0 spiro atoms. The second-order valence-corrected chi connectivity index (χ2v) is 12.9. The quantitative estimate of drug-likeness (QED) is 0.439. The van der Waals surface area contributed by atoms with Crippen molar-refractivity contribution in [1.82, 2.24) is 0 Å². The molecule has 0 saturated heterocycles. The number of esters is 1. The number of aliphatic hydroxyl groups is 1. The Morgan fingerprint density at radius 1 is 1.08 bits per heavy atom. The molecule has 0 aromatic carbocycles. The maximum atomic E-state index is 14.3. The predicted octanol–water partition coefficient (Wildman–Crippen LogP) is 5.56. The van der Waals surface area contributed by atoms with E-state index >= 15 is 0 Å². The summed E-state index contributed by atoms with van der Waals surface area (Å²) < 4.78 is 15.5. The van der Waals surface area contributed by atoms with Gasteiger partial charge in [-0.3, -0.25) is 9.59 Å². The van der Waals surface area contributed by atoms with E-state index in [2.05, 4.69) is 27.7 Å². The van der Waals surface area contributed by atoms with E-state index in [9.17, 15) is 19.5 Å². The van der Waals surface area contributed by atoms with Gasteiger partial charge in [-0.2, -0.15) is 0 Å². The molecule has 4 fully saturated rings. The van der Waals surface area contributed by atoms with Crippen molar-refractivity contribution in [2.45, 2.75) is 105 Å². The third-order valence-corrected chi connectivity index (χ3v) is 11.5. The lowest BCUT2D eigenvalue weighted by Gasteiger charge is -2.63. The number of ether oxygens (including phenoxy) is 3. The van der Waals surface area contributed by atoms with E-state index in [-0.39, 0.29) is 70.9 Å². The first kappa shape index (κ1) is 28.4. The van der Waals surface area contributed by atoms with Crippen molar-refractivity contribution >= 4 is 17.9 Å². The molecule has 4 aliphatic carbocycles. The molecule has 0 bridgehead atoms. The molecule has 4 saturated carbocycles. The molecule has 0 radical (unpaired) electrons. The summed E-state index contributed by atoms with van der Waals surface area (Å²) in [5.74, 6) is 1.13. The molecule has 4 rings (SSSR count). The summed E-state index contributed by atoms with van der Waals surface area (Å²) in [6, 6.07) is 0. The predicted molar refractivity (Wildman–Crippen MR) is 138 cm³/mol. The molecule has 210 valence electrons. The number of rotatable bonds is 7. The summed E-state index contributed by atoms with van der Waals surface area (Å²) in [5, 5.41) is 11.8. The van der Waals surface area contributed by atoms with E-state index in [0.717, 1.165) is 38.5 Å². The van der Waals surface area contributed by atoms with Gasteiger partial charge in [0.05, 0.1) is 19.8 Å². The minimum Gasteiger partial charge on any atom is -0.469 e. The number of aliphatic hydroxyl groups excluding tert-OH is 1. The van der Waals surface area contributed by atoms with Gasteiger partial charge in [0.15, 0.2) is 0 Å². The van der Waals surface area contributed by atoms with Gasteiger partial charge < -0.3 is 19.3 Å². The van der Waals surface area contributed by atoms with Crippen LogP contribution in [0.15, 0.2) is 0 Å². The van der Waals surface area contributed by atoms with Gasteiger partial charge in [0.1, 0.15) is 11.9 Å². The van der Waals surface area contributed by atoms with Crippen LogP contribution in [0.3, 0.4) is 0 Å².